The highest BCUT2D eigenvalue weighted by Crippen LogP contribution is 2.33. The van der Waals surface area contributed by atoms with Gasteiger partial charge in [0.25, 0.3) is 0 Å². The fourth-order valence-corrected chi connectivity index (χ4v) is 2.29. The van der Waals surface area contributed by atoms with Gasteiger partial charge in [0.1, 0.15) is 17.2 Å². The van der Waals surface area contributed by atoms with Crippen LogP contribution in [0.3, 0.4) is 0 Å². The molecule has 7 heteroatoms. The van der Waals surface area contributed by atoms with Crippen molar-refractivity contribution in [3.05, 3.63) is 47.4 Å². The van der Waals surface area contributed by atoms with Gasteiger partial charge in [-0.05, 0) is 36.8 Å². The quantitative estimate of drug-likeness (QED) is 0.634. The normalized spacial score (nSPS) is 12.1. The maximum Gasteiger partial charge on any atom is 0.416 e. The van der Waals surface area contributed by atoms with Crippen LogP contribution in [0.15, 0.2) is 30.5 Å². The van der Waals surface area contributed by atoms with Gasteiger partial charge in [-0.25, -0.2) is 14.4 Å². The molecular formula is C15H11F4N3. The summed E-state index contributed by atoms with van der Waals surface area (Å²) >= 11 is 0. The van der Waals surface area contributed by atoms with Crippen molar-refractivity contribution in [2.45, 2.75) is 13.1 Å². The zero-order valence-corrected chi connectivity index (χ0v) is 11.7. The number of imidazole rings is 1. The van der Waals surface area contributed by atoms with Crippen LogP contribution in [0.5, 0.6) is 0 Å². The van der Waals surface area contributed by atoms with E-state index in [1.165, 1.54) is 0 Å². The van der Waals surface area contributed by atoms with E-state index in [-0.39, 0.29) is 11.4 Å². The highest BCUT2D eigenvalue weighted by molar-refractivity contribution is 5.77. The predicted molar refractivity (Wildman–Crippen MR) is 73.6 cm³/mol. The molecule has 0 unspecified atom stereocenters. The third kappa shape index (κ3) is 2.32. The number of halogens is 4. The second-order valence-electron chi connectivity index (χ2n) is 5.04. The van der Waals surface area contributed by atoms with Gasteiger partial charge in [0.05, 0.1) is 11.1 Å². The van der Waals surface area contributed by atoms with Crippen LogP contribution < -0.4 is 0 Å². The zero-order valence-electron chi connectivity index (χ0n) is 11.7. The summed E-state index contributed by atoms with van der Waals surface area (Å²) in [4.78, 5) is 8.49. The van der Waals surface area contributed by atoms with Gasteiger partial charge < -0.3 is 4.57 Å². The lowest BCUT2D eigenvalue weighted by Gasteiger charge is -2.09. The molecule has 0 N–H and O–H groups in total. The lowest BCUT2D eigenvalue weighted by molar-refractivity contribution is -0.137. The number of hydrogen-bond acceptors (Lipinski definition) is 2. The van der Waals surface area contributed by atoms with Gasteiger partial charge in [0.15, 0.2) is 5.65 Å². The number of hydrogen-bond donors (Lipinski definition) is 0. The van der Waals surface area contributed by atoms with Crippen molar-refractivity contribution in [1.82, 2.24) is 14.5 Å². The van der Waals surface area contributed by atoms with Crippen molar-refractivity contribution >= 4 is 11.2 Å². The number of alkyl halides is 3. The van der Waals surface area contributed by atoms with Gasteiger partial charge in [-0.1, -0.05) is 0 Å². The average Bonchev–Trinajstić information content (AvgIpc) is 2.74. The summed E-state index contributed by atoms with van der Waals surface area (Å²) in [5.74, 6) is -0.732. The Morgan fingerprint density at radius 2 is 1.86 bits per heavy atom. The Morgan fingerprint density at radius 3 is 2.50 bits per heavy atom. The average molecular weight is 309 g/mol. The van der Waals surface area contributed by atoms with Gasteiger partial charge in [0, 0.05) is 13.2 Å². The molecule has 114 valence electrons. The molecule has 0 bridgehead atoms. The summed E-state index contributed by atoms with van der Waals surface area (Å²) < 4.78 is 53.4. The third-order valence-electron chi connectivity index (χ3n) is 3.38. The molecule has 0 atom stereocenters. The molecule has 0 aliphatic carbocycles. The Hall–Kier alpha value is -2.44. The number of benzene rings is 1. The SMILES string of the molecule is Cc1cnc2c(c1)nc(-c1ccc(C(F)(F)F)cc1F)n2C. The van der Waals surface area contributed by atoms with E-state index in [0.717, 1.165) is 17.7 Å². The summed E-state index contributed by atoms with van der Waals surface area (Å²) in [6.45, 7) is 1.85. The van der Waals surface area contributed by atoms with Gasteiger partial charge >= 0.3 is 6.18 Å². The number of aromatic nitrogens is 3. The van der Waals surface area contributed by atoms with Crippen molar-refractivity contribution in [1.29, 1.82) is 0 Å². The molecule has 0 radical (unpaired) electrons. The maximum atomic E-state index is 14.1. The standard InChI is InChI=1S/C15H11F4N3/c1-8-5-12-14(20-7-8)22(2)13(21-12)10-4-3-9(6-11(10)16)15(17,18)19/h3-7H,1-2H3. The van der Waals surface area contributed by atoms with E-state index < -0.39 is 17.6 Å². The highest BCUT2D eigenvalue weighted by atomic mass is 19.4. The van der Waals surface area contributed by atoms with Gasteiger partial charge in [-0.2, -0.15) is 13.2 Å². The Morgan fingerprint density at radius 1 is 1.14 bits per heavy atom. The van der Waals surface area contributed by atoms with E-state index >= 15 is 0 Å². The molecule has 0 spiro atoms. The Balaban J connectivity index is 2.17. The Bertz CT molecular complexity index is 865. The van der Waals surface area contributed by atoms with Crippen molar-refractivity contribution < 1.29 is 17.6 Å². The van der Waals surface area contributed by atoms with Gasteiger partial charge in [-0.3, -0.25) is 0 Å². The maximum absolute atomic E-state index is 14.1. The molecule has 3 nitrogen and oxygen atoms in total. The second-order valence-corrected chi connectivity index (χ2v) is 5.04. The summed E-state index contributed by atoms with van der Waals surface area (Å²) in [5.41, 5.74) is 0.981. The zero-order chi connectivity index (χ0) is 16.1. The van der Waals surface area contributed by atoms with E-state index in [0.29, 0.717) is 17.2 Å². The number of nitrogens with zero attached hydrogens (tertiary/aromatic N) is 3. The van der Waals surface area contributed by atoms with Crippen LogP contribution >= 0.6 is 0 Å². The molecule has 0 saturated heterocycles. The smallest absolute Gasteiger partial charge is 0.312 e. The molecule has 0 aliphatic rings. The molecule has 0 fully saturated rings. The second kappa shape index (κ2) is 4.79. The third-order valence-corrected chi connectivity index (χ3v) is 3.38. The predicted octanol–water partition coefficient (Wildman–Crippen LogP) is 4.10. The minimum absolute atomic E-state index is 0.00570. The van der Waals surface area contributed by atoms with Gasteiger partial charge in [0.2, 0.25) is 0 Å². The minimum atomic E-state index is -4.58. The van der Waals surface area contributed by atoms with Crippen LogP contribution in [0, 0.1) is 12.7 Å². The van der Waals surface area contributed by atoms with Crippen LogP contribution in [0.4, 0.5) is 17.6 Å². The van der Waals surface area contributed by atoms with Crippen LogP contribution in [0.2, 0.25) is 0 Å². The summed E-state index contributed by atoms with van der Waals surface area (Å²) in [7, 11) is 1.64. The van der Waals surface area contributed by atoms with E-state index in [1.54, 1.807) is 23.9 Å². The Labute approximate surface area is 123 Å². The van der Waals surface area contributed by atoms with E-state index in [2.05, 4.69) is 9.97 Å². The molecule has 3 aromatic rings. The molecule has 2 aromatic heterocycles. The van der Waals surface area contributed by atoms with Crippen molar-refractivity contribution in [2.75, 3.05) is 0 Å². The molecule has 2 heterocycles. The number of fused-ring (bicyclic) bond motifs is 1. The summed E-state index contributed by atoms with van der Waals surface area (Å²) in [6.07, 6.45) is -2.93. The number of pyridine rings is 1. The van der Waals surface area contributed by atoms with Crippen LogP contribution in [0.1, 0.15) is 11.1 Å². The first-order valence-corrected chi connectivity index (χ1v) is 6.43. The Kier molecular flexibility index (Phi) is 3.16. The molecule has 22 heavy (non-hydrogen) atoms. The van der Waals surface area contributed by atoms with Crippen LogP contribution in [-0.4, -0.2) is 14.5 Å². The lowest BCUT2D eigenvalue weighted by Crippen LogP contribution is -2.06. The largest absolute Gasteiger partial charge is 0.416 e. The first kappa shape index (κ1) is 14.5. The lowest BCUT2D eigenvalue weighted by atomic mass is 10.1. The number of aryl methyl sites for hydroxylation is 2. The van der Waals surface area contributed by atoms with E-state index in [9.17, 15) is 17.6 Å². The first-order chi connectivity index (χ1) is 10.3. The monoisotopic (exact) mass is 309 g/mol. The highest BCUT2D eigenvalue weighted by Gasteiger charge is 2.31. The van der Waals surface area contributed by atoms with Crippen LogP contribution in [-0.2, 0) is 13.2 Å². The summed E-state index contributed by atoms with van der Waals surface area (Å²) in [5, 5.41) is 0. The molecular weight excluding hydrogens is 298 g/mol. The van der Waals surface area contributed by atoms with Crippen LogP contribution in [0.25, 0.3) is 22.6 Å². The molecule has 3 rings (SSSR count). The fourth-order valence-electron chi connectivity index (χ4n) is 2.29. The molecule has 1 aromatic carbocycles. The first-order valence-electron chi connectivity index (χ1n) is 6.43. The van der Waals surface area contributed by atoms with E-state index in [1.807, 2.05) is 6.92 Å². The van der Waals surface area contributed by atoms with E-state index in [4.69, 9.17) is 0 Å². The molecule has 0 saturated carbocycles. The van der Waals surface area contributed by atoms with Crippen molar-refractivity contribution in [3.63, 3.8) is 0 Å². The molecule has 0 amide bonds. The fraction of sp³-hybridized carbons (Fsp3) is 0.200. The van der Waals surface area contributed by atoms with Gasteiger partial charge in [-0.15, -0.1) is 0 Å². The molecule has 0 aliphatic heterocycles. The topological polar surface area (TPSA) is 30.7 Å². The van der Waals surface area contributed by atoms with Crippen molar-refractivity contribution in [2.24, 2.45) is 7.05 Å². The minimum Gasteiger partial charge on any atom is -0.312 e. The summed E-state index contributed by atoms with van der Waals surface area (Å²) in [6, 6.07) is 4.20. The van der Waals surface area contributed by atoms with Crippen molar-refractivity contribution in [3.8, 4) is 11.4 Å². The number of rotatable bonds is 1.